The number of benzene rings is 3. The van der Waals surface area contributed by atoms with Gasteiger partial charge in [-0.15, -0.1) is 0 Å². The molecule has 0 saturated carbocycles. The van der Waals surface area contributed by atoms with Gasteiger partial charge in [0.15, 0.2) is 0 Å². The highest BCUT2D eigenvalue weighted by Crippen LogP contribution is 2.32. The van der Waals surface area contributed by atoms with Crippen LogP contribution in [-0.4, -0.2) is 0 Å². The molecule has 0 spiro atoms. The van der Waals surface area contributed by atoms with Crippen molar-refractivity contribution in [3.05, 3.63) is 95.1 Å². The lowest BCUT2D eigenvalue weighted by Crippen LogP contribution is -1.90. The van der Waals surface area contributed by atoms with E-state index in [2.05, 4.69) is 101 Å². The molecule has 0 N–H and O–H groups in total. The Bertz CT molecular complexity index is 922. The Hall–Kier alpha value is -2.60. The van der Waals surface area contributed by atoms with E-state index in [0.717, 1.165) is 0 Å². The van der Waals surface area contributed by atoms with Gasteiger partial charge in [0.2, 0.25) is 0 Å². The highest BCUT2D eigenvalue weighted by molar-refractivity contribution is 6.04. The third-order valence-electron chi connectivity index (χ3n) is 4.55. The molecule has 0 heterocycles. The van der Waals surface area contributed by atoms with Gasteiger partial charge in [0.1, 0.15) is 0 Å². The molecule has 120 valence electrons. The Morgan fingerprint density at radius 1 is 0.833 bits per heavy atom. The molecule has 0 amide bonds. The first-order valence-corrected chi connectivity index (χ1v) is 8.50. The zero-order chi connectivity index (χ0) is 17.1. The van der Waals surface area contributed by atoms with Gasteiger partial charge in [-0.05, 0) is 60.7 Å². The van der Waals surface area contributed by atoms with E-state index in [4.69, 9.17) is 0 Å². The summed E-state index contributed by atoms with van der Waals surface area (Å²) in [5.41, 5.74) is 7.76. The number of rotatable bonds is 3. The van der Waals surface area contributed by atoms with E-state index in [-0.39, 0.29) is 0 Å². The molecule has 0 aliphatic heterocycles. The molecule has 3 aromatic rings. The van der Waals surface area contributed by atoms with Crippen LogP contribution in [0.25, 0.3) is 21.9 Å². The molecule has 24 heavy (non-hydrogen) atoms. The van der Waals surface area contributed by atoms with Crippen LogP contribution in [0.5, 0.6) is 0 Å². The highest BCUT2D eigenvalue weighted by atomic mass is 14.1. The van der Waals surface area contributed by atoms with E-state index >= 15 is 0 Å². The quantitative estimate of drug-likeness (QED) is 0.362. The summed E-state index contributed by atoms with van der Waals surface area (Å²) in [4.78, 5) is 0. The summed E-state index contributed by atoms with van der Waals surface area (Å²) in [6, 6.07) is 22.0. The minimum atomic E-state index is 1.28. The normalized spacial score (nSPS) is 12.7. The Kier molecular flexibility index (Phi) is 4.66. The molecule has 0 saturated heterocycles. The zero-order valence-electron chi connectivity index (χ0n) is 14.9. The third-order valence-corrected chi connectivity index (χ3v) is 4.55. The van der Waals surface area contributed by atoms with E-state index in [0.29, 0.717) is 0 Å². The van der Waals surface area contributed by atoms with Crippen molar-refractivity contribution in [2.45, 2.75) is 27.7 Å². The van der Waals surface area contributed by atoms with Gasteiger partial charge in [-0.2, -0.15) is 0 Å². The maximum Gasteiger partial charge on any atom is -0.0103 e. The highest BCUT2D eigenvalue weighted by Gasteiger charge is 2.09. The van der Waals surface area contributed by atoms with Crippen molar-refractivity contribution >= 4 is 21.9 Å². The van der Waals surface area contributed by atoms with E-state index in [9.17, 15) is 0 Å². The molecule has 3 aromatic carbocycles. The summed E-state index contributed by atoms with van der Waals surface area (Å²) in [6.07, 6.45) is 4.36. The van der Waals surface area contributed by atoms with Crippen LogP contribution < -0.4 is 0 Å². The van der Waals surface area contributed by atoms with Gasteiger partial charge in [0.05, 0.1) is 0 Å². The summed E-state index contributed by atoms with van der Waals surface area (Å²) in [6.45, 7) is 8.58. The van der Waals surface area contributed by atoms with E-state index in [1.807, 2.05) is 0 Å². The summed E-state index contributed by atoms with van der Waals surface area (Å²) >= 11 is 0. The van der Waals surface area contributed by atoms with Crippen molar-refractivity contribution in [2.24, 2.45) is 0 Å². The predicted octanol–water partition coefficient (Wildman–Crippen LogP) is 6.96. The Morgan fingerprint density at radius 3 is 2.25 bits per heavy atom. The Labute approximate surface area is 145 Å². The lowest BCUT2D eigenvalue weighted by molar-refractivity contribution is 1.44. The van der Waals surface area contributed by atoms with Crippen molar-refractivity contribution in [1.29, 1.82) is 0 Å². The van der Waals surface area contributed by atoms with Crippen LogP contribution in [0.3, 0.4) is 0 Å². The third kappa shape index (κ3) is 3.19. The van der Waals surface area contributed by atoms with Crippen molar-refractivity contribution in [3.63, 3.8) is 0 Å². The topological polar surface area (TPSA) is 0 Å². The second kappa shape index (κ2) is 6.88. The maximum atomic E-state index is 2.29. The first-order chi connectivity index (χ1) is 11.6. The maximum absolute atomic E-state index is 2.29. The Morgan fingerprint density at radius 2 is 1.54 bits per heavy atom. The smallest absolute Gasteiger partial charge is 0.0103 e. The molecule has 0 aliphatic rings. The molecule has 0 heteroatoms. The SMILES string of the molecule is C/C=C\C(=C(/C)c1ccc(C)cc1)c1cccc2ccc(C)cc12. The molecule has 0 atom stereocenters. The molecular formula is C24H24. The monoisotopic (exact) mass is 312 g/mol. The van der Waals surface area contributed by atoms with Gasteiger partial charge in [-0.25, -0.2) is 0 Å². The molecule has 0 bridgehead atoms. The van der Waals surface area contributed by atoms with Crippen molar-refractivity contribution < 1.29 is 0 Å². The Balaban J connectivity index is 2.27. The van der Waals surface area contributed by atoms with Gasteiger partial charge >= 0.3 is 0 Å². The van der Waals surface area contributed by atoms with E-state index in [1.54, 1.807) is 0 Å². The average molecular weight is 312 g/mol. The molecule has 0 aromatic heterocycles. The second-order valence-electron chi connectivity index (χ2n) is 6.43. The van der Waals surface area contributed by atoms with Gasteiger partial charge in [0.25, 0.3) is 0 Å². The van der Waals surface area contributed by atoms with Crippen LogP contribution in [0.2, 0.25) is 0 Å². The number of fused-ring (bicyclic) bond motifs is 1. The first-order valence-electron chi connectivity index (χ1n) is 8.50. The average Bonchev–Trinajstić information content (AvgIpc) is 2.59. The fraction of sp³-hybridized carbons (Fsp3) is 0.167. The lowest BCUT2D eigenvalue weighted by Gasteiger charge is -2.13. The van der Waals surface area contributed by atoms with Crippen LogP contribution in [0.15, 0.2) is 72.8 Å². The van der Waals surface area contributed by atoms with Gasteiger partial charge < -0.3 is 0 Å². The number of aryl methyl sites for hydroxylation is 2. The van der Waals surface area contributed by atoms with Crippen molar-refractivity contribution in [3.8, 4) is 0 Å². The van der Waals surface area contributed by atoms with Crippen LogP contribution in [-0.2, 0) is 0 Å². The van der Waals surface area contributed by atoms with Gasteiger partial charge in [-0.3, -0.25) is 0 Å². The van der Waals surface area contributed by atoms with Crippen molar-refractivity contribution in [1.82, 2.24) is 0 Å². The predicted molar refractivity (Wildman–Crippen MR) is 107 cm³/mol. The minimum Gasteiger partial charge on any atom is -0.0870 e. The van der Waals surface area contributed by atoms with Crippen molar-refractivity contribution in [2.75, 3.05) is 0 Å². The molecule has 0 radical (unpaired) electrons. The zero-order valence-corrected chi connectivity index (χ0v) is 14.9. The first kappa shape index (κ1) is 16.3. The van der Waals surface area contributed by atoms with E-state index in [1.165, 1.54) is 44.2 Å². The summed E-state index contributed by atoms with van der Waals surface area (Å²) in [5.74, 6) is 0. The summed E-state index contributed by atoms with van der Waals surface area (Å²) in [5, 5.41) is 2.61. The molecule has 0 unspecified atom stereocenters. The van der Waals surface area contributed by atoms with Gasteiger partial charge in [0, 0.05) is 0 Å². The molecular weight excluding hydrogens is 288 g/mol. The van der Waals surface area contributed by atoms with E-state index < -0.39 is 0 Å². The van der Waals surface area contributed by atoms with Crippen LogP contribution in [0, 0.1) is 13.8 Å². The standard InChI is InChI=1S/C24H24/c1-5-7-22(19(4)20-13-10-17(2)11-14-20)23-9-6-8-21-15-12-18(3)16-24(21)23/h5-16H,1-4H3/b7-5-,22-19-. The fourth-order valence-corrected chi connectivity index (χ4v) is 3.16. The van der Waals surface area contributed by atoms with Crippen LogP contribution >= 0.6 is 0 Å². The minimum absolute atomic E-state index is 1.28. The molecule has 0 aliphatic carbocycles. The van der Waals surface area contributed by atoms with Crippen LogP contribution in [0.1, 0.15) is 36.1 Å². The number of allylic oxidation sites excluding steroid dienone is 4. The summed E-state index contributed by atoms with van der Waals surface area (Å²) in [7, 11) is 0. The lowest BCUT2D eigenvalue weighted by atomic mass is 9.91. The van der Waals surface area contributed by atoms with Gasteiger partial charge in [-0.1, -0.05) is 83.9 Å². The molecule has 3 rings (SSSR count). The summed E-state index contributed by atoms with van der Waals surface area (Å²) < 4.78 is 0. The molecule has 0 nitrogen and oxygen atoms in total. The number of hydrogen-bond acceptors (Lipinski definition) is 0. The van der Waals surface area contributed by atoms with Crippen LogP contribution in [0.4, 0.5) is 0 Å². The fourth-order valence-electron chi connectivity index (χ4n) is 3.16. The second-order valence-corrected chi connectivity index (χ2v) is 6.43. The largest absolute Gasteiger partial charge is 0.0870 e. The molecule has 0 fully saturated rings. The number of hydrogen-bond donors (Lipinski definition) is 0.